The smallest absolute Gasteiger partial charge is 0.223 e. The summed E-state index contributed by atoms with van der Waals surface area (Å²) in [7, 11) is 0. The molecule has 2 saturated heterocycles. The summed E-state index contributed by atoms with van der Waals surface area (Å²) in [5.74, 6) is 1.08. The molecular formula is C16H28N2O3. The molecule has 5 heteroatoms. The Morgan fingerprint density at radius 1 is 1.29 bits per heavy atom. The normalized spacial score (nSPS) is 35.6. The van der Waals surface area contributed by atoms with Crippen LogP contribution in [-0.2, 0) is 9.53 Å². The molecule has 0 aromatic rings. The van der Waals surface area contributed by atoms with E-state index in [1.807, 2.05) is 0 Å². The number of aliphatic hydroxyl groups is 1. The van der Waals surface area contributed by atoms with E-state index in [2.05, 4.69) is 17.1 Å². The SMILES string of the molecule is CC1CCN(CC2OCC(NC(=O)C3CCC3)C2O)CC1. The Morgan fingerprint density at radius 3 is 2.62 bits per heavy atom. The van der Waals surface area contributed by atoms with Gasteiger partial charge in [-0.25, -0.2) is 0 Å². The van der Waals surface area contributed by atoms with Crippen molar-refractivity contribution in [2.75, 3.05) is 26.2 Å². The van der Waals surface area contributed by atoms with Gasteiger partial charge in [-0.3, -0.25) is 4.79 Å². The van der Waals surface area contributed by atoms with Gasteiger partial charge in [0.25, 0.3) is 0 Å². The van der Waals surface area contributed by atoms with Crippen molar-refractivity contribution in [3.05, 3.63) is 0 Å². The van der Waals surface area contributed by atoms with Crippen molar-refractivity contribution in [3.63, 3.8) is 0 Å². The molecule has 0 aromatic heterocycles. The molecule has 0 bridgehead atoms. The van der Waals surface area contributed by atoms with Gasteiger partial charge in [-0.15, -0.1) is 0 Å². The van der Waals surface area contributed by atoms with Crippen molar-refractivity contribution in [1.82, 2.24) is 10.2 Å². The topological polar surface area (TPSA) is 61.8 Å². The molecule has 0 spiro atoms. The number of amides is 1. The number of carbonyl (C=O) groups excluding carboxylic acids is 1. The minimum Gasteiger partial charge on any atom is -0.388 e. The van der Waals surface area contributed by atoms with E-state index in [0.717, 1.165) is 44.8 Å². The number of nitrogens with zero attached hydrogens (tertiary/aromatic N) is 1. The van der Waals surface area contributed by atoms with Crippen LogP contribution in [0.1, 0.15) is 39.0 Å². The molecule has 2 heterocycles. The molecular weight excluding hydrogens is 268 g/mol. The molecule has 21 heavy (non-hydrogen) atoms. The van der Waals surface area contributed by atoms with Crippen molar-refractivity contribution in [3.8, 4) is 0 Å². The zero-order valence-electron chi connectivity index (χ0n) is 13.0. The number of nitrogens with one attached hydrogen (secondary N) is 1. The molecule has 120 valence electrons. The molecule has 0 aromatic carbocycles. The Balaban J connectivity index is 1.44. The first-order chi connectivity index (χ1) is 10.1. The lowest BCUT2D eigenvalue weighted by atomic mass is 9.84. The van der Waals surface area contributed by atoms with Gasteiger partial charge in [-0.05, 0) is 44.7 Å². The summed E-state index contributed by atoms with van der Waals surface area (Å²) in [6.45, 7) is 5.70. The first kappa shape index (κ1) is 15.3. The number of aliphatic hydroxyl groups excluding tert-OH is 1. The molecule has 1 amide bonds. The van der Waals surface area contributed by atoms with Crippen molar-refractivity contribution >= 4 is 5.91 Å². The van der Waals surface area contributed by atoms with Crippen LogP contribution in [0.15, 0.2) is 0 Å². The molecule has 3 aliphatic rings. The summed E-state index contributed by atoms with van der Waals surface area (Å²) in [4.78, 5) is 14.4. The van der Waals surface area contributed by atoms with Gasteiger partial charge >= 0.3 is 0 Å². The molecule has 0 radical (unpaired) electrons. The lowest BCUT2D eigenvalue weighted by Crippen LogP contribution is -2.49. The van der Waals surface area contributed by atoms with E-state index in [1.165, 1.54) is 12.8 Å². The third kappa shape index (κ3) is 3.58. The molecule has 5 nitrogen and oxygen atoms in total. The number of hydrogen-bond acceptors (Lipinski definition) is 4. The van der Waals surface area contributed by atoms with E-state index in [1.54, 1.807) is 0 Å². The van der Waals surface area contributed by atoms with Gasteiger partial charge in [-0.1, -0.05) is 13.3 Å². The van der Waals surface area contributed by atoms with E-state index < -0.39 is 6.10 Å². The van der Waals surface area contributed by atoms with E-state index in [4.69, 9.17) is 4.74 Å². The first-order valence-electron chi connectivity index (χ1n) is 8.46. The van der Waals surface area contributed by atoms with Crippen LogP contribution in [0, 0.1) is 11.8 Å². The van der Waals surface area contributed by atoms with Gasteiger partial charge in [0.1, 0.15) is 6.10 Å². The highest BCUT2D eigenvalue weighted by Gasteiger charge is 2.39. The summed E-state index contributed by atoms with van der Waals surface area (Å²) < 4.78 is 5.73. The van der Waals surface area contributed by atoms with Crippen molar-refractivity contribution in [2.24, 2.45) is 11.8 Å². The Bertz CT molecular complexity index is 365. The Labute approximate surface area is 127 Å². The second-order valence-electron chi connectivity index (χ2n) is 7.09. The predicted molar refractivity (Wildman–Crippen MR) is 79.9 cm³/mol. The fourth-order valence-electron chi connectivity index (χ4n) is 3.44. The van der Waals surface area contributed by atoms with Crippen LogP contribution in [0.5, 0.6) is 0 Å². The van der Waals surface area contributed by atoms with Gasteiger partial charge in [0.05, 0.1) is 18.8 Å². The van der Waals surface area contributed by atoms with Gasteiger partial charge in [0.2, 0.25) is 5.91 Å². The quantitative estimate of drug-likeness (QED) is 0.804. The minimum atomic E-state index is -0.576. The minimum absolute atomic E-state index is 0.0985. The fourth-order valence-corrected chi connectivity index (χ4v) is 3.44. The molecule has 3 rings (SSSR count). The van der Waals surface area contributed by atoms with E-state index in [9.17, 15) is 9.90 Å². The van der Waals surface area contributed by atoms with Crippen LogP contribution in [0.2, 0.25) is 0 Å². The fraction of sp³-hybridized carbons (Fsp3) is 0.938. The largest absolute Gasteiger partial charge is 0.388 e. The maximum atomic E-state index is 12.0. The maximum Gasteiger partial charge on any atom is 0.223 e. The lowest BCUT2D eigenvalue weighted by Gasteiger charge is -2.32. The molecule has 2 N–H and O–H groups in total. The van der Waals surface area contributed by atoms with Gasteiger partial charge in [0, 0.05) is 12.5 Å². The third-order valence-corrected chi connectivity index (χ3v) is 5.40. The highest BCUT2D eigenvalue weighted by molar-refractivity contribution is 5.79. The van der Waals surface area contributed by atoms with Gasteiger partial charge < -0.3 is 20.1 Å². The van der Waals surface area contributed by atoms with Crippen molar-refractivity contribution < 1.29 is 14.6 Å². The number of likely N-dealkylation sites (tertiary alicyclic amines) is 1. The number of ether oxygens (including phenoxy) is 1. The average Bonchev–Trinajstić information content (AvgIpc) is 2.72. The van der Waals surface area contributed by atoms with Crippen LogP contribution in [0.4, 0.5) is 0 Å². The number of piperidine rings is 1. The monoisotopic (exact) mass is 296 g/mol. The molecule has 1 aliphatic carbocycles. The molecule has 1 saturated carbocycles. The third-order valence-electron chi connectivity index (χ3n) is 5.40. The summed E-state index contributed by atoms with van der Waals surface area (Å²) in [5.41, 5.74) is 0. The molecule has 3 unspecified atom stereocenters. The van der Waals surface area contributed by atoms with Crippen LogP contribution in [0.25, 0.3) is 0 Å². The zero-order valence-corrected chi connectivity index (χ0v) is 13.0. The standard InChI is InChI=1S/C16H28N2O3/c1-11-5-7-18(8-6-11)9-14-15(19)13(10-21-14)17-16(20)12-3-2-4-12/h11-15,19H,2-10H2,1H3,(H,17,20). The number of rotatable bonds is 4. The Kier molecular flexibility index (Phi) is 4.82. The summed E-state index contributed by atoms with van der Waals surface area (Å²) >= 11 is 0. The van der Waals surface area contributed by atoms with E-state index >= 15 is 0 Å². The highest BCUT2D eigenvalue weighted by Crippen LogP contribution is 2.27. The zero-order chi connectivity index (χ0) is 14.8. The first-order valence-corrected chi connectivity index (χ1v) is 8.46. The Hall–Kier alpha value is -0.650. The number of carbonyl (C=O) groups is 1. The maximum absolute atomic E-state index is 12.0. The average molecular weight is 296 g/mol. The lowest BCUT2D eigenvalue weighted by molar-refractivity contribution is -0.128. The predicted octanol–water partition coefficient (Wildman–Crippen LogP) is 0.763. The van der Waals surface area contributed by atoms with Gasteiger partial charge in [0.15, 0.2) is 0 Å². The van der Waals surface area contributed by atoms with Gasteiger partial charge in [-0.2, -0.15) is 0 Å². The highest BCUT2D eigenvalue weighted by atomic mass is 16.5. The van der Waals surface area contributed by atoms with E-state index in [0.29, 0.717) is 6.61 Å². The van der Waals surface area contributed by atoms with Crippen LogP contribution < -0.4 is 5.32 Å². The molecule has 2 aliphatic heterocycles. The number of hydrogen-bond donors (Lipinski definition) is 2. The summed E-state index contributed by atoms with van der Waals surface area (Å²) in [5, 5.41) is 13.4. The van der Waals surface area contributed by atoms with Crippen LogP contribution >= 0.6 is 0 Å². The molecule has 3 atom stereocenters. The van der Waals surface area contributed by atoms with E-state index in [-0.39, 0.29) is 24.0 Å². The van der Waals surface area contributed by atoms with Crippen LogP contribution in [-0.4, -0.2) is 60.4 Å². The summed E-state index contributed by atoms with van der Waals surface area (Å²) in [6, 6.07) is -0.230. The summed E-state index contributed by atoms with van der Waals surface area (Å²) in [6.07, 6.45) is 4.85. The Morgan fingerprint density at radius 2 is 2.00 bits per heavy atom. The molecule has 3 fully saturated rings. The van der Waals surface area contributed by atoms with Crippen LogP contribution in [0.3, 0.4) is 0 Å². The second-order valence-corrected chi connectivity index (χ2v) is 7.09. The van der Waals surface area contributed by atoms with Crippen molar-refractivity contribution in [2.45, 2.75) is 57.3 Å². The second kappa shape index (κ2) is 6.63. The van der Waals surface area contributed by atoms with Crippen molar-refractivity contribution in [1.29, 1.82) is 0 Å².